The Kier molecular flexibility index (Phi) is 7.71. The summed E-state index contributed by atoms with van der Waals surface area (Å²) in [5, 5.41) is 7.00. The number of nitrogens with two attached hydrogens (primary N) is 1. The molecular weight excluding hydrogens is 296 g/mol. The fraction of sp³-hybridized carbons (Fsp3) is 0.750. The number of unbranched alkanes of at least 4 members (excludes halogenated alkanes) is 4. The number of nitrogens with one attached hydrogen (secondary N) is 1. The highest BCUT2D eigenvalue weighted by atomic mass is 16.6. The van der Waals surface area contributed by atoms with Gasteiger partial charge in [0, 0.05) is 13.1 Å². The molecule has 0 saturated heterocycles. The van der Waals surface area contributed by atoms with E-state index in [-0.39, 0.29) is 6.09 Å². The first-order chi connectivity index (χ1) is 10.8. The summed E-state index contributed by atoms with van der Waals surface area (Å²) in [6.45, 7) is 7.06. The van der Waals surface area contributed by atoms with Crippen LogP contribution < -0.4 is 15.8 Å². The van der Waals surface area contributed by atoms with Crippen LogP contribution in [0.15, 0.2) is 6.20 Å². The van der Waals surface area contributed by atoms with Gasteiger partial charge in [0.2, 0.25) is 0 Å². The summed E-state index contributed by atoms with van der Waals surface area (Å²) in [7, 11) is 1.56. The Bertz CT molecular complexity index is 480. The monoisotopic (exact) mass is 326 g/mol. The van der Waals surface area contributed by atoms with E-state index < -0.39 is 5.60 Å². The molecule has 0 unspecified atom stereocenters. The SMILES string of the molecule is COc1nn(CCCCCCCNC(=O)OC(C)(C)C)cc1N. The number of rotatable bonds is 9. The zero-order chi connectivity index (χ0) is 17.3. The molecule has 0 radical (unpaired) electrons. The molecule has 0 aliphatic rings. The topological polar surface area (TPSA) is 91.4 Å². The van der Waals surface area contributed by atoms with E-state index in [0.29, 0.717) is 18.1 Å². The molecule has 132 valence electrons. The van der Waals surface area contributed by atoms with Gasteiger partial charge in [0.25, 0.3) is 5.88 Å². The lowest BCUT2D eigenvalue weighted by Gasteiger charge is -2.19. The van der Waals surface area contributed by atoms with Gasteiger partial charge in [-0.05, 0) is 33.6 Å². The van der Waals surface area contributed by atoms with Gasteiger partial charge in [0.1, 0.15) is 11.3 Å². The molecule has 1 heterocycles. The molecule has 0 atom stereocenters. The van der Waals surface area contributed by atoms with Crippen LogP contribution in [0, 0.1) is 0 Å². The first kappa shape index (κ1) is 19.1. The van der Waals surface area contributed by atoms with E-state index in [0.717, 1.165) is 38.6 Å². The van der Waals surface area contributed by atoms with E-state index in [4.69, 9.17) is 15.2 Å². The number of alkyl carbamates (subject to hydrolysis) is 1. The fourth-order valence-electron chi connectivity index (χ4n) is 2.13. The number of anilines is 1. The minimum absolute atomic E-state index is 0.345. The average molecular weight is 326 g/mol. The maximum atomic E-state index is 11.4. The molecule has 0 fully saturated rings. The first-order valence-electron chi connectivity index (χ1n) is 8.15. The number of carbonyl (C=O) groups is 1. The summed E-state index contributed by atoms with van der Waals surface area (Å²) < 4.78 is 12.0. The smallest absolute Gasteiger partial charge is 0.407 e. The van der Waals surface area contributed by atoms with Crippen molar-refractivity contribution in [3.8, 4) is 5.88 Å². The summed E-state index contributed by atoms with van der Waals surface area (Å²) in [6, 6.07) is 0. The Balaban J connectivity index is 2.00. The van der Waals surface area contributed by atoms with E-state index in [1.54, 1.807) is 13.3 Å². The summed E-state index contributed by atoms with van der Waals surface area (Å²) in [4.78, 5) is 11.4. The summed E-state index contributed by atoms with van der Waals surface area (Å²) in [5.41, 5.74) is 5.88. The predicted octanol–water partition coefficient (Wildman–Crippen LogP) is 2.95. The molecule has 7 heteroatoms. The molecule has 0 spiro atoms. The second kappa shape index (κ2) is 9.27. The lowest BCUT2D eigenvalue weighted by atomic mass is 10.1. The average Bonchev–Trinajstić information content (AvgIpc) is 2.80. The van der Waals surface area contributed by atoms with Crippen LogP contribution in [0.3, 0.4) is 0 Å². The van der Waals surface area contributed by atoms with Crippen LogP contribution in [0.1, 0.15) is 52.9 Å². The summed E-state index contributed by atoms with van der Waals surface area (Å²) in [6.07, 6.45) is 6.79. The van der Waals surface area contributed by atoms with Gasteiger partial charge in [0.05, 0.1) is 13.3 Å². The maximum absolute atomic E-state index is 11.4. The molecule has 23 heavy (non-hydrogen) atoms. The number of ether oxygens (including phenoxy) is 2. The number of hydrogen-bond acceptors (Lipinski definition) is 5. The van der Waals surface area contributed by atoms with Crippen molar-refractivity contribution in [3.63, 3.8) is 0 Å². The van der Waals surface area contributed by atoms with Gasteiger partial charge in [-0.1, -0.05) is 19.3 Å². The third-order valence-electron chi connectivity index (χ3n) is 3.18. The van der Waals surface area contributed by atoms with Gasteiger partial charge in [-0.2, -0.15) is 0 Å². The Morgan fingerprint density at radius 3 is 2.52 bits per heavy atom. The quantitative estimate of drug-likeness (QED) is 0.681. The van der Waals surface area contributed by atoms with Gasteiger partial charge in [-0.3, -0.25) is 4.68 Å². The van der Waals surface area contributed by atoms with Crippen molar-refractivity contribution in [2.24, 2.45) is 0 Å². The van der Waals surface area contributed by atoms with E-state index in [9.17, 15) is 4.79 Å². The highest BCUT2D eigenvalue weighted by molar-refractivity contribution is 5.67. The maximum Gasteiger partial charge on any atom is 0.407 e. The van der Waals surface area contributed by atoms with Crippen LogP contribution in [0.2, 0.25) is 0 Å². The van der Waals surface area contributed by atoms with Gasteiger partial charge in [-0.15, -0.1) is 5.10 Å². The number of nitrogens with zero attached hydrogens (tertiary/aromatic N) is 2. The van der Waals surface area contributed by atoms with E-state index in [1.807, 2.05) is 25.5 Å². The van der Waals surface area contributed by atoms with E-state index >= 15 is 0 Å². The van der Waals surface area contributed by atoms with Crippen LogP contribution in [-0.4, -0.2) is 35.1 Å². The molecule has 3 N–H and O–H groups in total. The molecule has 0 aliphatic heterocycles. The third-order valence-corrected chi connectivity index (χ3v) is 3.18. The van der Waals surface area contributed by atoms with Crippen molar-refractivity contribution in [2.75, 3.05) is 19.4 Å². The normalized spacial score (nSPS) is 11.3. The number of hydrogen-bond donors (Lipinski definition) is 2. The Labute approximate surface area is 138 Å². The number of carbonyl (C=O) groups excluding carboxylic acids is 1. The molecule has 1 amide bonds. The fourth-order valence-corrected chi connectivity index (χ4v) is 2.13. The lowest BCUT2D eigenvalue weighted by Crippen LogP contribution is -2.32. The molecule has 1 aromatic heterocycles. The number of methoxy groups -OCH3 is 1. The van der Waals surface area contributed by atoms with Crippen LogP contribution in [-0.2, 0) is 11.3 Å². The molecule has 1 aromatic rings. The van der Waals surface area contributed by atoms with Gasteiger partial charge in [0.15, 0.2) is 0 Å². The van der Waals surface area contributed by atoms with Crippen LogP contribution >= 0.6 is 0 Å². The molecule has 0 aromatic carbocycles. The van der Waals surface area contributed by atoms with E-state index in [2.05, 4.69) is 10.4 Å². The van der Waals surface area contributed by atoms with Crippen molar-refractivity contribution in [1.29, 1.82) is 0 Å². The lowest BCUT2D eigenvalue weighted by molar-refractivity contribution is 0.0527. The second-order valence-electron chi connectivity index (χ2n) is 6.55. The van der Waals surface area contributed by atoms with Crippen LogP contribution in [0.25, 0.3) is 0 Å². The largest absolute Gasteiger partial charge is 0.478 e. The molecule has 1 rings (SSSR count). The summed E-state index contributed by atoms with van der Waals surface area (Å²) in [5.74, 6) is 0.484. The van der Waals surface area contributed by atoms with Crippen molar-refractivity contribution in [1.82, 2.24) is 15.1 Å². The van der Waals surface area contributed by atoms with E-state index in [1.165, 1.54) is 0 Å². The van der Waals surface area contributed by atoms with Crippen molar-refractivity contribution < 1.29 is 14.3 Å². The zero-order valence-corrected chi connectivity index (χ0v) is 14.7. The Morgan fingerprint density at radius 1 is 1.26 bits per heavy atom. The number of nitrogen functional groups attached to an aromatic ring is 1. The highest BCUT2D eigenvalue weighted by Gasteiger charge is 2.15. The first-order valence-corrected chi connectivity index (χ1v) is 8.15. The summed E-state index contributed by atoms with van der Waals surface area (Å²) >= 11 is 0. The predicted molar refractivity (Wildman–Crippen MR) is 90.5 cm³/mol. The van der Waals surface area contributed by atoms with Gasteiger partial charge < -0.3 is 20.5 Å². The molecule has 0 bridgehead atoms. The number of amides is 1. The molecule has 0 aliphatic carbocycles. The standard InChI is InChI=1S/C16H30N4O3/c1-16(2,3)23-15(21)18-10-8-6-5-7-9-11-20-12-13(17)14(19-20)22-4/h12H,5-11,17H2,1-4H3,(H,18,21). The van der Waals surface area contributed by atoms with Gasteiger partial charge in [-0.25, -0.2) is 4.79 Å². The molecule has 0 saturated carbocycles. The van der Waals surface area contributed by atoms with Crippen LogP contribution in [0.5, 0.6) is 5.88 Å². The highest BCUT2D eigenvalue weighted by Crippen LogP contribution is 2.17. The third kappa shape index (κ3) is 8.32. The Morgan fingerprint density at radius 2 is 1.91 bits per heavy atom. The number of aromatic nitrogens is 2. The van der Waals surface area contributed by atoms with Crippen molar-refractivity contribution >= 4 is 11.8 Å². The Hall–Kier alpha value is -1.92. The molecule has 7 nitrogen and oxygen atoms in total. The second-order valence-corrected chi connectivity index (χ2v) is 6.55. The zero-order valence-electron chi connectivity index (χ0n) is 14.7. The number of aryl methyl sites for hydroxylation is 1. The minimum atomic E-state index is -0.442. The van der Waals surface area contributed by atoms with Gasteiger partial charge >= 0.3 is 6.09 Å². The molecular formula is C16H30N4O3. The minimum Gasteiger partial charge on any atom is -0.478 e. The van der Waals surface area contributed by atoms with Crippen LogP contribution in [0.4, 0.5) is 10.5 Å². The van der Waals surface area contributed by atoms with Crippen molar-refractivity contribution in [3.05, 3.63) is 6.20 Å². The van der Waals surface area contributed by atoms with Crippen molar-refractivity contribution in [2.45, 2.75) is 65.0 Å².